The van der Waals surface area contributed by atoms with Gasteiger partial charge < -0.3 is 19.1 Å². The second kappa shape index (κ2) is 7.47. The number of benzene rings is 2. The summed E-state index contributed by atoms with van der Waals surface area (Å²) in [6.45, 7) is 3.27. The lowest BCUT2D eigenvalue weighted by atomic mass is 9.88. The molecule has 25 heavy (non-hydrogen) atoms. The number of methoxy groups -OCH3 is 2. The zero-order chi connectivity index (χ0) is 17.8. The highest BCUT2D eigenvalue weighted by Gasteiger charge is 2.29. The monoisotopic (exact) mass is 341 g/mol. The van der Waals surface area contributed by atoms with Crippen LogP contribution in [0.3, 0.4) is 0 Å². The SMILES string of the molecule is CCOc1ccc2c(c1)CCN(C=O)C2c1cc(OC)cc(OC)c1. The molecule has 5 heteroatoms. The average Bonchev–Trinajstić information content (AvgIpc) is 2.66. The topological polar surface area (TPSA) is 48.0 Å². The third kappa shape index (κ3) is 3.40. The third-order valence-corrected chi connectivity index (χ3v) is 4.52. The Kier molecular flexibility index (Phi) is 5.12. The van der Waals surface area contributed by atoms with Crippen LogP contribution in [0, 0.1) is 0 Å². The molecule has 0 spiro atoms. The van der Waals surface area contributed by atoms with Gasteiger partial charge in [0, 0.05) is 12.6 Å². The fourth-order valence-corrected chi connectivity index (χ4v) is 3.35. The summed E-state index contributed by atoms with van der Waals surface area (Å²) < 4.78 is 16.4. The maximum atomic E-state index is 11.7. The van der Waals surface area contributed by atoms with E-state index in [2.05, 4.69) is 6.07 Å². The van der Waals surface area contributed by atoms with E-state index < -0.39 is 0 Å². The summed E-state index contributed by atoms with van der Waals surface area (Å²) in [6, 6.07) is 11.7. The van der Waals surface area contributed by atoms with Gasteiger partial charge in [-0.1, -0.05) is 6.07 Å². The normalized spacial score (nSPS) is 16.1. The van der Waals surface area contributed by atoms with Crippen molar-refractivity contribution in [3.63, 3.8) is 0 Å². The number of hydrogen-bond acceptors (Lipinski definition) is 4. The number of fused-ring (bicyclic) bond motifs is 1. The van der Waals surface area contributed by atoms with Gasteiger partial charge in [-0.25, -0.2) is 0 Å². The first-order valence-electron chi connectivity index (χ1n) is 8.39. The van der Waals surface area contributed by atoms with Crippen LogP contribution in [0.5, 0.6) is 17.2 Å². The number of carbonyl (C=O) groups is 1. The summed E-state index contributed by atoms with van der Waals surface area (Å²) in [5.41, 5.74) is 3.28. The van der Waals surface area contributed by atoms with Gasteiger partial charge in [0.05, 0.1) is 26.9 Å². The Morgan fingerprint density at radius 2 is 1.80 bits per heavy atom. The number of nitrogens with zero attached hydrogens (tertiary/aromatic N) is 1. The zero-order valence-electron chi connectivity index (χ0n) is 14.8. The van der Waals surface area contributed by atoms with Gasteiger partial charge in [-0.3, -0.25) is 4.79 Å². The smallest absolute Gasteiger partial charge is 0.210 e. The Balaban J connectivity index is 2.09. The zero-order valence-corrected chi connectivity index (χ0v) is 14.8. The first-order valence-corrected chi connectivity index (χ1v) is 8.39. The van der Waals surface area contributed by atoms with Gasteiger partial charge in [-0.2, -0.15) is 0 Å². The quantitative estimate of drug-likeness (QED) is 0.757. The first-order chi connectivity index (χ1) is 12.2. The van der Waals surface area contributed by atoms with Crippen molar-refractivity contribution in [2.45, 2.75) is 19.4 Å². The van der Waals surface area contributed by atoms with Gasteiger partial charge in [0.1, 0.15) is 17.2 Å². The number of rotatable bonds is 6. The van der Waals surface area contributed by atoms with Gasteiger partial charge in [-0.05, 0) is 54.3 Å². The van der Waals surface area contributed by atoms with Gasteiger partial charge in [0.15, 0.2) is 0 Å². The molecule has 0 radical (unpaired) electrons. The van der Waals surface area contributed by atoms with E-state index in [0.29, 0.717) is 24.7 Å². The van der Waals surface area contributed by atoms with Crippen LogP contribution in [0.4, 0.5) is 0 Å². The van der Waals surface area contributed by atoms with Crippen LogP contribution in [-0.4, -0.2) is 38.7 Å². The molecular weight excluding hydrogens is 318 g/mol. The molecule has 0 N–H and O–H groups in total. The van der Waals surface area contributed by atoms with Crippen molar-refractivity contribution in [2.75, 3.05) is 27.4 Å². The molecule has 1 amide bonds. The molecule has 0 fully saturated rings. The van der Waals surface area contributed by atoms with Crippen molar-refractivity contribution in [1.82, 2.24) is 4.90 Å². The summed E-state index contributed by atoms with van der Waals surface area (Å²) in [5, 5.41) is 0. The summed E-state index contributed by atoms with van der Waals surface area (Å²) >= 11 is 0. The molecule has 0 aliphatic carbocycles. The summed E-state index contributed by atoms with van der Waals surface area (Å²) in [4.78, 5) is 13.5. The van der Waals surface area contributed by atoms with Crippen LogP contribution in [0.25, 0.3) is 0 Å². The second-order valence-electron chi connectivity index (χ2n) is 5.94. The van der Waals surface area contributed by atoms with E-state index >= 15 is 0 Å². The van der Waals surface area contributed by atoms with Crippen molar-refractivity contribution >= 4 is 6.41 Å². The first kappa shape index (κ1) is 17.1. The Bertz CT molecular complexity index is 737. The van der Waals surface area contributed by atoms with E-state index in [1.54, 1.807) is 14.2 Å². The minimum Gasteiger partial charge on any atom is -0.497 e. The Hall–Kier alpha value is -2.69. The van der Waals surface area contributed by atoms with E-state index in [1.165, 1.54) is 5.56 Å². The standard InChI is InChI=1S/C20H23NO4/c1-4-25-16-5-6-19-14(9-16)7-8-21(13-22)20(19)15-10-17(23-2)12-18(11-15)24-3/h5-6,9-13,20H,4,7-8H2,1-3H3. The predicted molar refractivity (Wildman–Crippen MR) is 95.5 cm³/mol. The van der Waals surface area contributed by atoms with Crippen LogP contribution in [0.15, 0.2) is 36.4 Å². The van der Waals surface area contributed by atoms with E-state index in [-0.39, 0.29) is 6.04 Å². The number of amides is 1. The summed E-state index contributed by atoms with van der Waals surface area (Å²) in [5.74, 6) is 2.28. The molecule has 0 saturated carbocycles. The maximum absolute atomic E-state index is 11.7. The lowest BCUT2D eigenvalue weighted by Gasteiger charge is -2.35. The number of carbonyl (C=O) groups excluding carboxylic acids is 1. The minimum atomic E-state index is -0.166. The van der Waals surface area contributed by atoms with E-state index in [4.69, 9.17) is 14.2 Å². The van der Waals surface area contributed by atoms with Crippen molar-refractivity contribution in [3.05, 3.63) is 53.1 Å². The molecule has 0 aromatic heterocycles. The van der Waals surface area contributed by atoms with Gasteiger partial charge in [0.25, 0.3) is 0 Å². The van der Waals surface area contributed by atoms with Crippen LogP contribution in [0.1, 0.15) is 29.7 Å². The molecule has 132 valence electrons. The predicted octanol–water partition coefficient (Wildman–Crippen LogP) is 3.21. The Morgan fingerprint density at radius 3 is 2.40 bits per heavy atom. The van der Waals surface area contributed by atoms with Gasteiger partial charge in [0.2, 0.25) is 6.41 Å². The lowest BCUT2D eigenvalue weighted by Crippen LogP contribution is -2.35. The molecule has 0 bridgehead atoms. The van der Waals surface area contributed by atoms with Crippen LogP contribution < -0.4 is 14.2 Å². The van der Waals surface area contributed by atoms with Crippen molar-refractivity contribution in [1.29, 1.82) is 0 Å². The largest absolute Gasteiger partial charge is 0.497 e. The molecule has 1 aliphatic rings. The van der Waals surface area contributed by atoms with Crippen LogP contribution >= 0.6 is 0 Å². The van der Waals surface area contributed by atoms with Crippen molar-refractivity contribution < 1.29 is 19.0 Å². The Labute approximate surface area is 148 Å². The highest BCUT2D eigenvalue weighted by Crippen LogP contribution is 2.38. The fourth-order valence-electron chi connectivity index (χ4n) is 3.35. The molecule has 1 atom stereocenters. The molecule has 1 unspecified atom stereocenters. The second-order valence-corrected chi connectivity index (χ2v) is 5.94. The van der Waals surface area contributed by atoms with Crippen LogP contribution in [0.2, 0.25) is 0 Å². The third-order valence-electron chi connectivity index (χ3n) is 4.52. The minimum absolute atomic E-state index is 0.166. The van der Waals surface area contributed by atoms with E-state index in [1.807, 2.05) is 42.2 Å². The maximum Gasteiger partial charge on any atom is 0.210 e. The molecule has 3 rings (SSSR count). The molecular formula is C20H23NO4. The molecule has 1 heterocycles. The lowest BCUT2D eigenvalue weighted by molar-refractivity contribution is -0.119. The Morgan fingerprint density at radius 1 is 1.08 bits per heavy atom. The average molecular weight is 341 g/mol. The molecule has 5 nitrogen and oxygen atoms in total. The highest BCUT2D eigenvalue weighted by atomic mass is 16.5. The molecule has 1 aliphatic heterocycles. The van der Waals surface area contributed by atoms with Crippen molar-refractivity contribution in [2.24, 2.45) is 0 Å². The molecule has 2 aromatic carbocycles. The fraction of sp³-hybridized carbons (Fsp3) is 0.350. The van der Waals surface area contributed by atoms with Gasteiger partial charge >= 0.3 is 0 Å². The van der Waals surface area contributed by atoms with Gasteiger partial charge in [-0.15, -0.1) is 0 Å². The van der Waals surface area contributed by atoms with E-state index in [0.717, 1.165) is 29.7 Å². The van der Waals surface area contributed by atoms with Crippen molar-refractivity contribution in [3.8, 4) is 17.2 Å². The summed E-state index contributed by atoms with van der Waals surface area (Å²) in [6.07, 6.45) is 1.72. The number of ether oxygens (including phenoxy) is 3. The van der Waals surface area contributed by atoms with E-state index in [9.17, 15) is 4.79 Å². The van der Waals surface area contributed by atoms with Crippen LogP contribution in [-0.2, 0) is 11.2 Å². The number of hydrogen-bond donors (Lipinski definition) is 0. The molecule has 2 aromatic rings. The highest BCUT2D eigenvalue weighted by molar-refractivity contribution is 5.56. The molecule has 0 saturated heterocycles. The summed E-state index contributed by atoms with van der Waals surface area (Å²) in [7, 11) is 3.25.